The molecule has 34 heavy (non-hydrogen) atoms. The number of amides is 1. The van der Waals surface area contributed by atoms with Gasteiger partial charge in [-0.25, -0.2) is 4.68 Å². The Morgan fingerprint density at radius 3 is 2.47 bits per heavy atom. The molecule has 4 rings (SSSR count). The molecule has 2 N–H and O–H groups in total. The van der Waals surface area contributed by atoms with E-state index in [2.05, 4.69) is 15.7 Å². The van der Waals surface area contributed by atoms with E-state index in [1.54, 1.807) is 0 Å². The monoisotopic (exact) mass is 470 g/mol. The average molecular weight is 471 g/mol. The molecule has 0 saturated heterocycles. The SMILES string of the molecule is CCc1ccc([C@H]2C[C@@H](C(F)(F)F)n3ncc(CC(=O)NCc4ccc(C)c(C)c4)c3N2)cc1. The normalized spacial score (nSPS) is 17.7. The maximum atomic E-state index is 13.9. The summed E-state index contributed by atoms with van der Waals surface area (Å²) < 4.78 is 42.7. The summed E-state index contributed by atoms with van der Waals surface area (Å²) in [6.45, 7) is 6.42. The van der Waals surface area contributed by atoms with Crippen molar-refractivity contribution in [2.24, 2.45) is 0 Å². The van der Waals surface area contributed by atoms with Gasteiger partial charge in [-0.15, -0.1) is 0 Å². The van der Waals surface area contributed by atoms with Crippen molar-refractivity contribution in [1.29, 1.82) is 0 Å². The minimum absolute atomic E-state index is 0.0563. The van der Waals surface area contributed by atoms with Crippen LogP contribution < -0.4 is 10.6 Å². The van der Waals surface area contributed by atoms with E-state index in [0.29, 0.717) is 12.1 Å². The molecule has 1 aliphatic rings. The van der Waals surface area contributed by atoms with Crippen molar-refractivity contribution in [3.05, 3.63) is 82.0 Å². The number of carbonyl (C=O) groups excluding carboxylic acids is 1. The predicted molar refractivity (Wildman–Crippen MR) is 126 cm³/mol. The molecule has 2 aromatic carbocycles. The number of halogens is 3. The van der Waals surface area contributed by atoms with Gasteiger partial charge in [-0.1, -0.05) is 49.4 Å². The van der Waals surface area contributed by atoms with Gasteiger partial charge >= 0.3 is 6.18 Å². The quantitative estimate of drug-likeness (QED) is 0.494. The third-order valence-electron chi connectivity index (χ3n) is 6.52. The molecule has 0 spiro atoms. The molecule has 0 radical (unpaired) electrons. The molecule has 0 unspecified atom stereocenters. The van der Waals surface area contributed by atoms with Gasteiger partial charge in [-0.3, -0.25) is 4.79 Å². The number of anilines is 1. The minimum Gasteiger partial charge on any atom is -0.363 e. The number of aryl methyl sites for hydroxylation is 3. The fourth-order valence-electron chi connectivity index (χ4n) is 4.30. The molecule has 1 aromatic heterocycles. The highest BCUT2D eigenvalue weighted by atomic mass is 19.4. The minimum atomic E-state index is -4.45. The molecule has 1 aliphatic heterocycles. The summed E-state index contributed by atoms with van der Waals surface area (Å²) in [6.07, 6.45) is -2.45. The summed E-state index contributed by atoms with van der Waals surface area (Å²) >= 11 is 0. The number of fused-ring (bicyclic) bond motifs is 1. The first kappa shape index (κ1) is 23.9. The molecule has 8 heteroatoms. The van der Waals surface area contributed by atoms with Crippen LogP contribution in [0.1, 0.15) is 58.8 Å². The number of aromatic nitrogens is 2. The van der Waals surface area contributed by atoms with Crippen molar-refractivity contribution in [2.45, 2.75) is 64.8 Å². The highest BCUT2D eigenvalue weighted by Crippen LogP contribution is 2.44. The van der Waals surface area contributed by atoms with Crippen molar-refractivity contribution in [3.63, 3.8) is 0 Å². The molecule has 0 fully saturated rings. The van der Waals surface area contributed by atoms with Crippen molar-refractivity contribution < 1.29 is 18.0 Å². The van der Waals surface area contributed by atoms with E-state index in [0.717, 1.165) is 33.4 Å². The third-order valence-corrected chi connectivity index (χ3v) is 6.52. The molecule has 2 heterocycles. The Kier molecular flexibility index (Phi) is 6.68. The van der Waals surface area contributed by atoms with Crippen LogP contribution in [0.2, 0.25) is 0 Å². The lowest BCUT2D eigenvalue weighted by Crippen LogP contribution is -2.36. The fraction of sp³-hybridized carbons (Fsp3) is 0.385. The molecule has 0 saturated carbocycles. The van der Waals surface area contributed by atoms with E-state index < -0.39 is 18.3 Å². The largest absolute Gasteiger partial charge is 0.410 e. The van der Waals surface area contributed by atoms with E-state index in [1.807, 2.05) is 63.2 Å². The summed E-state index contributed by atoms with van der Waals surface area (Å²) in [5.74, 6) is -0.0201. The summed E-state index contributed by atoms with van der Waals surface area (Å²) in [6, 6.07) is 11.3. The van der Waals surface area contributed by atoms with Gasteiger partial charge in [0.15, 0.2) is 6.04 Å². The van der Waals surface area contributed by atoms with E-state index in [4.69, 9.17) is 0 Å². The van der Waals surface area contributed by atoms with Gasteiger partial charge in [0, 0.05) is 18.5 Å². The molecule has 5 nitrogen and oxygen atoms in total. The van der Waals surface area contributed by atoms with Gasteiger partial charge in [-0.05, 0) is 48.1 Å². The topological polar surface area (TPSA) is 59.0 Å². The maximum Gasteiger partial charge on any atom is 0.410 e. The lowest BCUT2D eigenvalue weighted by Gasteiger charge is -2.34. The zero-order valence-corrected chi connectivity index (χ0v) is 19.5. The Morgan fingerprint density at radius 1 is 1.12 bits per heavy atom. The van der Waals surface area contributed by atoms with Gasteiger partial charge in [0.1, 0.15) is 5.82 Å². The van der Waals surface area contributed by atoms with Crippen LogP contribution in [-0.2, 0) is 24.2 Å². The van der Waals surface area contributed by atoms with Crippen LogP contribution in [0.5, 0.6) is 0 Å². The number of benzene rings is 2. The zero-order valence-electron chi connectivity index (χ0n) is 19.5. The Morgan fingerprint density at radius 2 is 1.82 bits per heavy atom. The maximum absolute atomic E-state index is 13.9. The highest BCUT2D eigenvalue weighted by Gasteiger charge is 2.46. The molecule has 0 bridgehead atoms. The Balaban J connectivity index is 1.52. The van der Waals surface area contributed by atoms with E-state index in [-0.39, 0.29) is 24.6 Å². The first-order valence-corrected chi connectivity index (χ1v) is 11.5. The Bertz CT molecular complexity index is 1170. The van der Waals surface area contributed by atoms with Gasteiger partial charge in [0.25, 0.3) is 0 Å². The molecular weight excluding hydrogens is 441 g/mol. The average Bonchev–Trinajstić information content (AvgIpc) is 3.21. The highest BCUT2D eigenvalue weighted by molar-refractivity contribution is 5.80. The van der Waals surface area contributed by atoms with E-state index in [1.165, 1.54) is 11.8 Å². The number of nitrogens with one attached hydrogen (secondary N) is 2. The molecule has 180 valence electrons. The van der Waals surface area contributed by atoms with Crippen LogP contribution in [-0.4, -0.2) is 21.9 Å². The van der Waals surface area contributed by atoms with Gasteiger partial charge in [0.05, 0.1) is 18.7 Å². The van der Waals surface area contributed by atoms with E-state index >= 15 is 0 Å². The molecule has 3 aromatic rings. The standard InChI is InChI=1S/C26H29F3N4O/c1-4-18-7-9-20(10-8-18)22-13-23(26(27,28)29)33-25(32-22)21(15-31-33)12-24(34)30-14-19-6-5-16(2)17(3)11-19/h5-11,15,22-23,32H,4,12-14H2,1-3H3,(H,30,34)/t22-,23+/m1/s1. The lowest BCUT2D eigenvalue weighted by molar-refractivity contribution is -0.173. The van der Waals surface area contributed by atoms with Crippen LogP contribution in [0.15, 0.2) is 48.7 Å². The smallest absolute Gasteiger partial charge is 0.363 e. The van der Waals surface area contributed by atoms with Crippen LogP contribution in [0.3, 0.4) is 0 Å². The number of carbonyl (C=O) groups is 1. The summed E-state index contributed by atoms with van der Waals surface area (Å²) in [7, 11) is 0. The first-order valence-electron chi connectivity index (χ1n) is 11.5. The number of hydrogen-bond acceptors (Lipinski definition) is 3. The van der Waals surface area contributed by atoms with Crippen LogP contribution >= 0.6 is 0 Å². The molecular formula is C26H29F3N4O. The number of alkyl halides is 3. The van der Waals surface area contributed by atoms with Gasteiger partial charge in [0.2, 0.25) is 5.91 Å². The zero-order chi connectivity index (χ0) is 24.5. The molecule has 2 atom stereocenters. The fourth-order valence-corrected chi connectivity index (χ4v) is 4.30. The van der Waals surface area contributed by atoms with Crippen molar-refractivity contribution >= 4 is 11.7 Å². The lowest BCUT2D eigenvalue weighted by atomic mass is 9.95. The van der Waals surface area contributed by atoms with Crippen molar-refractivity contribution in [3.8, 4) is 0 Å². The molecule has 1 amide bonds. The van der Waals surface area contributed by atoms with Crippen LogP contribution in [0.4, 0.5) is 19.0 Å². The number of rotatable bonds is 6. The van der Waals surface area contributed by atoms with Gasteiger partial charge in [-0.2, -0.15) is 18.3 Å². The Hall–Kier alpha value is -3.29. The van der Waals surface area contributed by atoms with Crippen LogP contribution in [0, 0.1) is 13.8 Å². The number of nitrogens with zero attached hydrogens (tertiary/aromatic N) is 2. The summed E-state index contributed by atoms with van der Waals surface area (Å²) in [5.41, 5.74) is 5.63. The number of hydrogen-bond donors (Lipinski definition) is 2. The predicted octanol–water partition coefficient (Wildman–Crippen LogP) is 5.58. The third kappa shape index (κ3) is 5.11. The van der Waals surface area contributed by atoms with Gasteiger partial charge < -0.3 is 10.6 Å². The van der Waals surface area contributed by atoms with Crippen molar-refractivity contribution in [1.82, 2.24) is 15.1 Å². The first-order chi connectivity index (χ1) is 16.2. The second-order valence-corrected chi connectivity index (χ2v) is 8.92. The molecule has 0 aliphatic carbocycles. The van der Waals surface area contributed by atoms with Crippen molar-refractivity contribution in [2.75, 3.05) is 5.32 Å². The second-order valence-electron chi connectivity index (χ2n) is 8.92. The second kappa shape index (κ2) is 9.52. The summed E-state index contributed by atoms with van der Waals surface area (Å²) in [4.78, 5) is 12.6. The van der Waals surface area contributed by atoms with Crippen LogP contribution in [0.25, 0.3) is 0 Å². The summed E-state index contributed by atoms with van der Waals surface area (Å²) in [5, 5.41) is 10.1. The van der Waals surface area contributed by atoms with E-state index in [9.17, 15) is 18.0 Å². The Labute approximate surface area is 197 Å².